The molecule has 1 saturated heterocycles. The highest BCUT2D eigenvalue weighted by Gasteiger charge is 2.64. The van der Waals surface area contributed by atoms with Crippen molar-refractivity contribution in [3.05, 3.63) is 52.3 Å². The normalized spacial score (nSPS) is 21.4. The van der Waals surface area contributed by atoms with Crippen LogP contribution in [0, 0.1) is 0 Å². The molecule has 9 nitrogen and oxygen atoms in total. The highest BCUT2D eigenvalue weighted by Crippen LogP contribution is 2.52. The van der Waals surface area contributed by atoms with Crippen LogP contribution in [-0.4, -0.2) is 63.1 Å². The molecule has 1 fully saturated rings. The molecule has 0 saturated carbocycles. The summed E-state index contributed by atoms with van der Waals surface area (Å²) in [6.45, 7) is -1.57. The number of amides is 3. The SMILES string of the molecule is O=C(CC1N(C(=O)c2ccc3[nH]ncc3n2)CC12C(=O)Nc1cccc(Br)c12)NCC(F)(F)F. The molecule has 3 amide bonds. The van der Waals surface area contributed by atoms with Crippen molar-refractivity contribution in [2.24, 2.45) is 0 Å². The largest absolute Gasteiger partial charge is 0.405 e. The summed E-state index contributed by atoms with van der Waals surface area (Å²) in [6.07, 6.45) is -3.64. The van der Waals surface area contributed by atoms with Gasteiger partial charge in [0.15, 0.2) is 0 Å². The van der Waals surface area contributed by atoms with E-state index in [0.717, 1.165) is 0 Å². The van der Waals surface area contributed by atoms with Crippen LogP contribution in [0.25, 0.3) is 11.0 Å². The van der Waals surface area contributed by atoms with Gasteiger partial charge < -0.3 is 15.5 Å². The highest BCUT2D eigenvalue weighted by molar-refractivity contribution is 9.10. The maximum Gasteiger partial charge on any atom is 0.405 e. The monoisotopic (exact) mass is 536 g/mol. The molecular weight excluding hydrogens is 521 g/mol. The van der Waals surface area contributed by atoms with Crippen LogP contribution < -0.4 is 10.6 Å². The van der Waals surface area contributed by atoms with Crippen LogP contribution >= 0.6 is 15.9 Å². The zero-order valence-corrected chi connectivity index (χ0v) is 18.8. The number of carbonyl (C=O) groups is 3. The fourth-order valence-electron chi connectivity index (χ4n) is 4.58. The molecule has 2 aliphatic heterocycles. The lowest BCUT2D eigenvalue weighted by molar-refractivity contribution is -0.142. The van der Waals surface area contributed by atoms with E-state index in [1.54, 1.807) is 24.3 Å². The number of rotatable bonds is 4. The molecule has 1 aromatic carbocycles. The number of alkyl halides is 3. The minimum absolute atomic E-state index is 0.0599. The second kappa shape index (κ2) is 7.79. The number of anilines is 1. The zero-order valence-electron chi connectivity index (χ0n) is 17.2. The second-order valence-electron chi connectivity index (χ2n) is 8.13. The third-order valence-corrected chi connectivity index (χ3v) is 6.78. The molecule has 1 spiro atoms. The summed E-state index contributed by atoms with van der Waals surface area (Å²) in [5.41, 5.74) is 0.927. The number of likely N-dealkylation sites (tertiary alicyclic amines) is 1. The van der Waals surface area contributed by atoms with Crippen molar-refractivity contribution < 1.29 is 27.6 Å². The number of hydrogen-bond acceptors (Lipinski definition) is 5. The minimum atomic E-state index is -4.59. The molecule has 0 bridgehead atoms. The molecule has 2 aliphatic rings. The molecule has 5 rings (SSSR count). The van der Waals surface area contributed by atoms with Gasteiger partial charge in [-0.1, -0.05) is 22.0 Å². The number of aromatic amines is 1. The Kier molecular flexibility index (Phi) is 5.11. The number of benzene rings is 1. The third kappa shape index (κ3) is 3.50. The lowest BCUT2D eigenvalue weighted by atomic mass is 9.66. The van der Waals surface area contributed by atoms with E-state index in [1.165, 1.54) is 17.2 Å². The fraction of sp³-hybridized carbons (Fsp3) is 0.286. The van der Waals surface area contributed by atoms with Crippen LogP contribution in [0.5, 0.6) is 0 Å². The molecule has 3 aromatic rings. The third-order valence-electron chi connectivity index (χ3n) is 6.12. The average Bonchev–Trinajstić information content (AvgIpc) is 3.36. The number of nitrogens with one attached hydrogen (secondary N) is 3. The zero-order chi connectivity index (χ0) is 24.3. The fourth-order valence-corrected chi connectivity index (χ4v) is 5.30. The van der Waals surface area contributed by atoms with E-state index in [2.05, 4.69) is 36.4 Å². The van der Waals surface area contributed by atoms with Crippen molar-refractivity contribution in [3.8, 4) is 0 Å². The van der Waals surface area contributed by atoms with E-state index >= 15 is 0 Å². The van der Waals surface area contributed by atoms with E-state index in [-0.39, 0.29) is 12.2 Å². The van der Waals surface area contributed by atoms with Gasteiger partial charge in [-0.05, 0) is 24.3 Å². The van der Waals surface area contributed by atoms with Gasteiger partial charge in [-0.3, -0.25) is 19.5 Å². The Hall–Kier alpha value is -3.48. The van der Waals surface area contributed by atoms with Gasteiger partial charge in [0.05, 0.1) is 17.8 Å². The Morgan fingerprint density at radius 1 is 1.26 bits per heavy atom. The lowest BCUT2D eigenvalue weighted by Gasteiger charge is -2.54. The summed E-state index contributed by atoms with van der Waals surface area (Å²) in [7, 11) is 0. The van der Waals surface area contributed by atoms with E-state index < -0.39 is 48.3 Å². The van der Waals surface area contributed by atoms with E-state index in [4.69, 9.17) is 0 Å². The van der Waals surface area contributed by atoms with E-state index in [0.29, 0.717) is 26.8 Å². The Bertz CT molecular complexity index is 1340. The maximum absolute atomic E-state index is 13.3. The van der Waals surface area contributed by atoms with E-state index in [9.17, 15) is 27.6 Å². The topological polar surface area (TPSA) is 120 Å². The van der Waals surface area contributed by atoms with Crippen LogP contribution in [0.15, 0.2) is 41.0 Å². The average molecular weight is 537 g/mol. The molecule has 34 heavy (non-hydrogen) atoms. The number of halogens is 4. The van der Waals surface area contributed by atoms with Crippen molar-refractivity contribution in [2.45, 2.75) is 24.1 Å². The van der Waals surface area contributed by atoms with Gasteiger partial charge in [-0.25, -0.2) is 4.98 Å². The Morgan fingerprint density at radius 3 is 2.82 bits per heavy atom. The van der Waals surface area contributed by atoms with Gasteiger partial charge >= 0.3 is 6.18 Å². The number of pyridine rings is 1. The maximum atomic E-state index is 13.3. The standard InChI is InChI=1S/C21H16BrF3N6O3/c22-10-2-1-3-12-17(10)20(19(34)29-12)9-31(15(20)6-16(32)26-8-21(23,24)25)18(33)13-5-4-11-14(28-13)7-27-30-11/h1-5,7,15H,6,8-9H2,(H,26,32)(H,27,30)(H,29,34). The highest BCUT2D eigenvalue weighted by atomic mass is 79.9. The molecule has 0 aliphatic carbocycles. The number of aromatic nitrogens is 3. The molecule has 2 unspecified atom stereocenters. The molecule has 13 heteroatoms. The number of carbonyl (C=O) groups excluding carboxylic acids is 3. The first-order valence-corrected chi connectivity index (χ1v) is 10.9. The van der Waals surface area contributed by atoms with Crippen LogP contribution in [0.1, 0.15) is 22.5 Å². The first kappa shape index (κ1) is 22.3. The molecule has 3 N–H and O–H groups in total. The Labute approximate surface area is 198 Å². The first-order valence-electron chi connectivity index (χ1n) is 10.1. The predicted molar refractivity (Wildman–Crippen MR) is 117 cm³/mol. The summed E-state index contributed by atoms with van der Waals surface area (Å²) in [5.74, 6) is -1.90. The molecule has 0 radical (unpaired) electrons. The number of fused-ring (bicyclic) bond motifs is 3. The van der Waals surface area contributed by atoms with Crippen LogP contribution in [0.4, 0.5) is 18.9 Å². The summed E-state index contributed by atoms with van der Waals surface area (Å²) >= 11 is 3.43. The molecular formula is C21H16BrF3N6O3. The van der Waals surface area contributed by atoms with E-state index in [1.807, 2.05) is 5.32 Å². The lowest BCUT2D eigenvalue weighted by Crippen LogP contribution is -2.72. The van der Waals surface area contributed by atoms with Gasteiger partial charge in [0.2, 0.25) is 11.8 Å². The van der Waals surface area contributed by atoms with Gasteiger partial charge in [0, 0.05) is 28.7 Å². The number of hydrogen-bond donors (Lipinski definition) is 3. The molecule has 2 aromatic heterocycles. The van der Waals surface area contributed by atoms with Gasteiger partial charge in [-0.2, -0.15) is 18.3 Å². The molecule has 176 valence electrons. The molecule has 4 heterocycles. The van der Waals surface area contributed by atoms with Crippen molar-refractivity contribution >= 4 is 50.4 Å². The van der Waals surface area contributed by atoms with Gasteiger partial charge in [0.25, 0.3) is 5.91 Å². The summed E-state index contributed by atoms with van der Waals surface area (Å²) < 4.78 is 38.4. The second-order valence-corrected chi connectivity index (χ2v) is 8.99. The summed E-state index contributed by atoms with van der Waals surface area (Å²) in [6, 6.07) is 7.21. The smallest absolute Gasteiger partial charge is 0.347 e. The number of nitrogens with zero attached hydrogens (tertiary/aromatic N) is 3. The first-order chi connectivity index (χ1) is 16.1. The van der Waals surface area contributed by atoms with Crippen molar-refractivity contribution in [3.63, 3.8) is 0 Å². The van der Waals surface area contributed by atoms with Crippen molar-refractivity contribution in [1.82, 2.24) is 25.4 Å². The van der Waals surface area contributed by atoms with Gasteiger partial charge in [0.1, 0.15) is 23.2 Å². The Morgan fingerprint density at radius 2 is 2.06 bits per heavy atom. The van der Waals surface area contributed by atoms with Crippen molar-refractivity contribution in [1.29, 1.82) is 0 Å². The van der Waals surface area contributed by atoms with Crippen LogP contribution in [-0.2, 0) is 15.0 Å². The minimum Gasteiger partial charge on any atom is -0.347 e. The van der Waals surface area contributed by atoms with Crippen LogP contribution in [0.3, 0.4) is 0 Å². The van der Waals surface area contributed by atoms with Gasteiger partial charge in [-0.15, -0.1) is 0 Å². The summed E-state index contributed by atoms with van der Waals surface area (Å²) in [5, 5.41) is 11.2. The van der Waals surface area contributed by atoms with Crippen LogP contribution in [0.2, 0.25) is 0 Å². The quantitative estimate of drug-likeness (QED) is 0.473. The van der Waals surface area contributed by atoms with Crippen molar-refractivity contribution in [2.75, 3.05) is 18.4 Å². The summed E-state index contributed by atoms with van der Waals surface area (Å²) in [4.78, 5) is 44.5. The molecule has 2 atom stereocenters. The predicted octanol–water partition coefficient (Wildman–Crippen LogP) is 2.50. The number of H-pyrrole nitrogens is 1. The Balaban J connectivity index is 1.50.